The summed E-state index contributed by atoms with van der Waals surface area (Å²) in [6.07, 6.45) is -0.000340. The van der Waals surface area contributed by atoms with E-state index < -0.39 is 5.97 Å². The molecule has 2 atom stereocenters. The number of aliphatic carboxylic acids is 1. The molecule has 6 heteroatoms. The number of thiophene rings is 1. The number of carbonyl (C=O) groups is 2. The van der Waals surface area contributed by atoms with Gasteiger partial charge >= 0.3 is 5.97 Å². The standard InChI is InChI=1S/C11H13NO3S2/c1-7-10(15)12(4-2-9(13)14)11(17-7)8-3-5-16-6-8/h3,5-7,11H,2,4H2,1H3,(H,13,14). The first-order valence-electron chi connectivity index (χ1n) is 5.29. The maximum absolute atomic E-state index is 11.9. The van der Waals surface area contributed by atoms with Crippen molar-refractivity contribution in [1.82, 2.24) is 4.90 Å². The van der Waals surface area contributed by atoms with Crippen LogP contribution in [-0.4, -0.2) is 33.7 Å². The molecule has 0 radical (unpaired) electrons. The van der Waals surface area contributed by atoms with Crippen molar-refractivity contribution in [1.29, 1.82) is 0 Å². The lowest BCUT2D eigenvalue weighted by atomic mass is 10.2. The van der Waals surface area contributed by atoms with E-state index in [2.05, 4.69) is 0 Å². The summed E-state index contributed by atoms with van der Waals surface area (Å²) in [5.74, 6) is -0.834. The first-order valence-corrected chi connectivity index (χ1v) is 7.18. The van der Waals surface area contributed by atoms with Crippen molar-refractivity contribution >= 4 is 35.0 Å². The number of carboxylic acids is 1. The van der Waals surface area contributed by atoms with Crippen molar-refractivity contribution in [2.45, 2.75) is 24.0 Å². The molecule has 2 unspecified atom stereocenters. The largest absolute Gasteiger partial charge is 0.481 e. The highest BCUT2D eigenvalue weighted by atomic mass is 32.2. The number of hydrogen-bond acceptors (Lipinski definition) is 4. The van der Waals surface area contributed by atoms with Crippen LogP contribution in [0.1, 0.15) is 24.3 Å². The Morgan fingerprint density at radius 1 is 1.59 bits per heavy atom. The van der Waals surface area contributed by atoms with Gasteiger partial charge in [-0.05, 0) is 29.3 Å². The number of nitrogens with zero attached hydrogens (tertiary/aromatic N) is 1. The van der Waals surface area contributed by atoms with Crippen LogP contribution < -0.4 is 0 Å². The lowest BCUT2D eigenvalue weighted by Crippen LogP contribution is -2.32. The van der Waals surface area contributed by atoms with Crippen molar-refractivity contribution < 1.29 is 14.7 Å². The van der Waals surface area contributed by atoms with Gasteiger partial charge in [0.05, 0.1) is 11.7 Å². The molecule has 92 valence electrons. The van der Waals surface area contributed by atoms with Gasteiger partial charge < -0.3 is 10.0 Å². The van der Waals surface area contributed by atoms with Gasteiger partial charge in [0.1, 0.15) is 5.37 Å². The van der Waals surface area contributed by atoms with Crippen LogP contribution in [0.3, 0.4) is 0 Å². The summed E-state index contributed by atoms with van der Waals surface area (Å²) in [4.78, 5) is 24.2. The van der Waals surface area contributed by atoms with Gasteiger partial charge in [0.2, 0.25) is 5.91 Å². The lowest BCUT2D eigenvalue weighted by Gasteiger charge is -2.22. The van der Waals surface area contributed by atoms with E-state index in [1.807, 2.05) is 23.8 Å². The molecule has 1 N–H and O–H groups in total. The fraction of sp³-hybridized carbons (Fsp3) is 0.455. The van der Waals surface area contributed by atoms with E-state index in [0.717, 1.165) is 5.56 Å². The van der Waals surface area contributed by atoms with Crippen molar-refractivity contribution in [2.75, 3.05) is 6.54 Å². The number of rotatable bonds is 4. The molecule has 1 saturated heterocycles. The maximum atomic E-state index is 11.9. The maximum Gasteiger partial charge on any atom is 0.305 e. The number of thioether (sulfide) groups is 1. The average molecular weight is 271 g/mol. The van der Waals surface area contributed by atoms with Gasteiger partial charge in [0.15, 0.2) is 0 Å². The molecule has 0 aromatic carbocycles. The van der Waals surface area contributed by atoms with Crippen LogP contribution in [0, 0.1) is 0 Å². The Morgan fingerprint density at radius 3 is 2.94 bits per heavy atom. The van der Waals surface area contributed by atoms with Gasteiger partial charge in [-0.3, -0.25) is 9.59 Å². The van der Waals surface area contributed by atoms with E-state index in [0.29, 0.717) is 0 Å². The second kappa shape index (κ2) is 5.10. The minimum atomic E-state index is -0.869. The lowest BCUT2D eigenvalue weighted by molar-refractivity contribution is -0.138. The Bertz CT molecular complexity index is 418. The second-order valence-electron chi connectivity index (χ2n) is 3.86. The van der Waals surface area contributed by atoms with E-state index in [4.69, 9.17) is 5.11 Å². The molecule has 1 aromatic heterocycles. The molecule has 0 spiro atoms. The quantitative estimate of drug-likeness (QED) is 0.912. The summed E-state index contributed by atoms with van der Waals surface area (Å²) >= 11 is 3.17. The SMILES string of the molecule is CC1SC(c2ccsc2)N(CCC(=O)O)C1=O. The predicted molar refractivity (Wildman–Crippen MR) is 68.1 cm³/mol. The second-order valence-corrected chi connectivity index (χ2v) is 6.07. The van der Waals surface area contributed by atoms with E-state index >= 15 is 0 Å². The van der Waals surface area contributed by atoms with Gasteiger partial charge in [0.25, 0.3) is 0 Å². The third-order valence-electron chi connectivity index (χ3n) is 2.64. The fourth-order valence-electron chi connectivity index (χ4n) is 1.79. The molecule has 0 bridgehead atoms. The summed E-state index contributed by atoms with van der Waals surface area (Å²) in [5, 5.41) is 12.6. The van der Waals surface area contributed by atoms with Gasteiger partial charge in [-0.2, -0.15) is 11.3 Å². The molecular formula is C11H13NO3S2. The topological polar surface area (TPSA) is 57.6 Å². The van der Waals surface area contributed by atoms with Crippen molar-refractivity contribution in [3.05, 3.63) is 22.4 Å². The number of carbonyl (C=O) groups excluding carboxylic acids is 1. The summed E-state index contributed by atoms with van der Waals surface area (Å²) in [5.41, 5.74) is 1.09. The van der Waals surface area contributed by atoms with Gasteiger partial charge in [-0.15, -0.1) is 11.8 Å². The van der Waals surface area contributed by atoms with Gasteiger partial charge in [0, 0.05) is 6.54 Å². The number of hydrogen-bond donors (Lipinski definition) is 1. The van der Waals surface area contributed by atoms with E-state index in [9.17, 15) is 9.59 Å². The predicted octanol–water partition coefficient (Wildman–Crippen LogP) is 2.19. The Balaban J connectivity index is 2.13. The molecule has 1 amide bonds. The smallest absolute Gasteiger partial charge is 0.305 e. The van der Waals surface area contributed by atoms with E-state index in [1.165, 1.54) is 0 Å². The van der Waals surface area contributed by atoms with Crippen LogP contribution in [0.5, 0.6) is 0 Å². The Labute approximate surface area is 108 Å². The van der Waals surface area contributed by atoms with Crippen LogP contribution >= 0.6 is 23.1 Å². The molecule has 2 heterocycles. The third kappa shape index (κ3) is 2.63. The summed E-state index contributed by atoms with van der Waals surface area (Å²) < 4.78 is 0. The summed E-state index contributed by atoms with van der Waals surface area (Å²) in [6, 6.07) is 1.99. The number of amides is 1. The van der Waals surface area contributed by atoms with Crippen LogP contribution in [0.25, 0.3) is 0 Å². The molecule has 1 aromatic rings. The van der Waals surface area contributed by atoms with Crippen LogP contribution in [0.2, 0.25) is 0 Å². The highest BCUT2D eigenvalue weighted by molar-refractivity contribution is 8.01. The van der Waals surface area contributed by atoms with Crippen molar-refractivity contribution in [2.24, 2.45) is 0 Å². The zero-order chi connectivity index (χ0) is 12.4. The van der Waals surface area contributed by atoms with Crippen molar-refractivity contribution in [3.63, 3.8) is 0 Å². The molecule has 0 saturated carbocycles. The first kappa shape index (κ1) is 12.4. The molecule has 1 aliphatic rings. The molecule has 0 aliphatic carbocycles. The molecule has 4 nitrogen and oxygen atoms in total. The highest BCUT2D eigenvalue weighted by Crippen LogP contribution is 2.43. The van der Waals surface area contributed by atoms with Gasteiger partial charge in [-0.25, -0.2) is 0 Å². The fourth-order valence-corrected chi connectivity index (χ4v) is 3.86. The Kier molecular flexibility index (Phi) is 3.73. The molecule has 1 fully saturated rings. The zero-order valence-corrected chi connectivity index (χ0v) is 11.0. The molecular weight excluding hydrogens is 258 g/mol. The van der Waals surface area contributed by atoms with Gasteiger partial charge in [-0.1, -0.05) is 0 Å². The van der Waals surface area contributed by atoms with E-state index in [-0.39, 0.29) is 29.5 Å². The molecule has 2 rings (SSSR count). The summed E-state index contributed by atoms with van der Waals surface area (Å²) in [7, 11) is 0. The monoisotopic (exact) mass is 271 g/mol. The first-order chi connectivity index (χ1) is 8.09. The highest BCUT2D eigenvalue weighted by Gasteiger charge is 2.38. The molecule has 1 aliphatic heterocycles. The Hall–Kier alpha value is -1.01. The normalized spacial score (nSPS) is 24.3. The third-order valence-corrected chi connectivity index (χ3v) is 4.74. The van der Waals surface area contributed by atoms with E-state index in [1.54, 1.807) is 28.0 Å². The minimum absolute atomic E-state index is 0.000340. The van der Waals surface area contributed by atoms with Crippen LogP contribution in [0.4, 0.5) is 0 Å². The number of carboxylic acid groups (broad SMARTS) is 1. The van der Waals surface area contributed by atoms with Crippen LogP contribution in [-0.2, 0) is 9.59 Å². The zero-order valence-electron chi connectivity index (χ0n) is 9.33. The van der Waals surface area contributed by atoms with Crippen LogP contribution in [0.15, 0.2) is 16.8 Å². The average Bonchev–Trinajstić information content (AvgIpc) is 2.87. The Morgan fingerprint density at radius 2 is 2.35 bits per heavy atom. The molecule has 17 heavy (non-hydrogen) atoms. The van der Waals surface area contributed by atoms with Crippen molar-refractivity contribution in [3.8, 4) is 0 Å². The summed E-state index contributed by atoms with van der Waals surface area (Å²) in [6.45, 7) is 2.15. The minimum Gasteiger partial charge on any atom is -0.481 e.